The summed E-state index contributed by atoms with van der Waals surface area (Å²) in [6.07, 6.45) is 6.15. The minimum Gasteiger partial charge on any atom is -0.421 e. The molecule has 7 nitrogen and oxygen atoms in total. The number of rotatable bonds is 6. The van der Waals surface area contributed by atoms with E-state index in [4.69, 9.17) is 4.74 Å². The Kier molecular flexibility index (Phi) is 6.51. The van der Waals surface area contributed by atoms with E-state index in [1.165, 1.54) is 5.57 Å². The van der Waals surface area contributed by atoms with E-state index in [9.17, 15) is 4.39 Å². The second-order valence-electron chi connectivity index (χ2n) is 9.40. The number of nitrogens with zero attached hydrogens (tertiary/aromatic N) is 5. The van der Waals surface area contributed by atoms with Crippen LogP contribution in [0.15, 0.2) is 34.3 Å². The van der Waals surface area contributed by atoms with E-state index in [0.717, 1.165) is 56.5 Å². The van der Waals surface area contributed by atoms with Crippen molar-refractivity contribution in [2.45, 2.75) is 33.1 Å². The van der Waals surface area contributed by atoms with Crippen molar-refractivity contribution >= 4 is 23.5 Å². The second kappa shape index (κ2) is 9.73. The number of aliphatic imine (C=N–C) groups is 1. The van der Waals surface area contributed by atoms with Crippen LogP contribution in [0.5, 0.6) is 11.8 Å². The minimum atomic E-state index is -0.603. The Morgan fingerprint density at radius 1 is 1.09 bits per heavy atom. The number of allylic oxidation sites excluding steroid dienone is 1. The van der Waals surface area contributed by atoms with Crippen LogP contribution in [0.2, 0.25) is 0 Å². The van der Waals surface area contributed by atoms with Gasteiger partial charge in [-0.25, -0.2) is 8.78 Å². The second-order valence-corrected chi connectivity index (χ2v) is 9.40. The lowest BCUT2D eigenvalue weighted by atomic mass is 10.1. The SMILES string of the molecule is CCCC1=CC(Nc2cc(N3CCN(C)CC3)nc(Oc3cc(F)c4c(c3F)C=C(C)C4)n2)=NC1. The van der Waals surface area contributed by atoms with Gasteiger partial charge in [0.2, 0.25) is 0 Å². The van der Waals surface area contributed by atoms with Crippen LogP contribution < -0.4 is 15.0 Å². The Morgan fingerprint density at radius 2 is 1.89 bits per heavy atom. The maximum atomic E-state index is 15.2. The molecule has 0 saturated carbocycles. The Bertz CT molecular complexity index is 1230. The van der Waals surface area contributed by atoms with Crippen LogP contribution >= 0.6 is 0 Å². The maximum absolute atomic E-state index is 15.2. The number of hydrogen-bond acceptors (Lipinski definition) is 7. The lowest BCUT2D eigenvalue weighted by Gasteiger charge is -2.33. The molecule has 2 aromatic rings. The first-order valence-corrected chi connectivity index (χ1v) is 12.1. The fourth-order valence-electron chi connectivity index (χ4n) is 4.61. The van der Waals surface area contributed by atoms with Crippen LogP contribution in [0.3, 0.4) is 0 Å². The van der Waals surface area contributed by atoms with E-state index in [2.05, 4.69) is 44.0 Å². The van der Waals surface area contributed by atoms with Gasteiger partial charge in [-0.05, 0) is 38.5 Å². The van der Waals surface area contributed by atoms with Crippen LogP contribution in [0.1, 0.15) is 37.8 Å². The van der Waals surface area contributed by atoms with Gasteiger partial charge in [-0.1, -0.05) is 25.0 Å². The van der Waals surface area contributed by atoms with E-state index >= 15 is 4.39 Å². The first kappa shape index (κ1) is 23.4. The number of ether oxygens (including phenoxy) is 1. The highest BCUT2D eigenvalue weighted by molar-refractivity contribution is 6.05. The number of amidine groups is 1. The number of piperazine rings is 1. The normalized spacial score (nSPS) is 17.7. The molecule has 1 aliphatic carbocycles. The van der Waals surface area contributed by atoms with Crippen LogP contribution in [0, 0.1) is 11.6 Å². The predicted octanol–water partition coefficient (Wildman–Crippen LogP) is 4.81. The van der Waals surface area contributed by atoms with Crippen molar-refractivity contribution in [2.75, 3.05) is 50.0 Å². The van der Waals surface area contributed by atoms with Crippen LogP contribution in [0.4, 0.5) is 20.4 Å². The summed E-state index contributed by atoms with van der Waals surface area (Å²) in [5.41, 5.74) is 2.76. The van der Waals surface area contributed by atoms with E-state index < -0.39 is 11.6 Å². The molecule has 35 heavy (non-hydrogen) atoms. The highest BCUT2D eigenvalue weighted by Crippen LogP contribution is 2.36. The molecule has 1 aromatic heterocycles. The number of benzene rings is 1. The minimum absolute atomic E-state index is 0.0442. The zero-order valence-electron chi connectivity index (χ0n) is 20.4. The van der Waals surface area contributed by atoms with Gasteiger partial charge in [0, 0.05) is 49.4 Å². The number of nitrogens with one attached hydrogen (secondary N) is 1. The standard InChI is InChI=1S/C26H30F2N6O/c1-4-5-17-12-22(29-15-17)30-23-14-24(34-8-6-33(3)7-9-34)32-26(31-23)35-21-13-20(27)18-10-16(2)11-19(18)25(21)28/h11-14H,4-10,15H2,1-3H3,(H,29,30,31,32). The summed E-state index contributed by atoms with van der Waals surface area (Å²) in [6.45, 7) is 8.04. The zero-order chi connectivity index (χ0) is 24.5. The molecular weight excluding hydrogens is 450 g/mol. The molecule has 0 radical (unpaired) electrons. The van der Waals surface area contributed by atoms with Gasteiger partial charge >= 0.3 is 6.01 Å². The van der Waals surface area contributed by atoms with Crippen LogP contribution in [0.25, 0.3) is 6.08 Å². The average Bonchev–Trinajstić information content (AvgIpc) is 3.44. The number of anilines is 2. The molecule has 0 spiro atoms. The largest absolute Gasteiger partial charge is 0.421 e. The third-order valence-electron chi connectivity index (χ3n) is 6.51. The van der Waals surface area contributed by atoms with Crippen molar-refractivity contribution in [1.29, 1.82) is 0 Å². The molecule has 0 unspecified atom stereocenters. The van der Waals surface area contributed by atoms with Crippen molar-refractivity contribution < 1.29 is 13.5 Å². The van der Waals surface area contributed by atoms with Crippen molar-refractivity contribution in [3.05, 3.63) is 52.1 Å². The quantitative estimate of drug-likeness (QED) is 0.640. The summed E-state index contributed by atoms with van der Waals surface area (Å²) in [7, 11) is 2.08. The van der Waals surface area contributed by atoms with Crippen LogP contribution in [-0.2, 0) is 6.42 Å². The molecule has 2 aliphatic heterocycles. The van der Waals surface area contributed by atoms with Gasteiger partial charge in [-0.2, -0.15) is 9.97 Å². The third-order valence-corrected chi connectivity index (χ3v) is 6.51. The first-order chi connectivity index (χ1) is 16.9. The summed E-state index contributed by atoms with van der Waals surface area (Å²) >= 11 is 0. The molecule has 184 valence electrons. The number of likely N-dealkylation sites (N-methyl/N-ethyl adjacent to an activating group) is 1. The Balaban J connectivity index is 1.46. The lowest BCUT2D eigenvalue weighted by molar-refractivity contribution is 0.311. The predicted molar refractivity (Wildman–Crippen MR) is 134 cm³/mol. The smallest absolute Gasteiger partial charge is 0.326 e. The fourth-order valence-corrected chi connectivity index (χ4v) is 4.61. The van der Waals surface area contributed by atoms with Gasteiger partial charge in [0.05, 0.1) is 6.54 Å². The van der Waals surface area contributed by atoms with Gasteiger partial charge in [0.25, 0.3) is 0 Å². The van der Waals surface area contributed by atoms with E-state index in [0.29, 0.717) is 30.2 Å². The molecule has 0 bridgehead atoms. The lowest BCUT2D eigenvalue weighted by Crippen LogP contribution is -2.44. The summed E-state index contributed by atoms with van der Waals surface area (Å²) < 4.78 is 35.7. The fraction of sp³-hybridized carbons (Fsp3) is 0.423. The molecule has 5 rings (SSSR count). The molecule has 1 N–H and O–H groups in total. The zero-order valence-corrected chi connectivity index (χ0v) is 20.4. The number of halogens is 2. The molecule has 3 heterocycles. The van der Waals surface area contributed by atoms with Crippen molar-refractivity contribution in [3.63, 3.8) is 0 Å². The summed E-state index contributed by atoms with van der Waals surface area (Å²) in [5.74, 6) is 0.560. The highest BCUT2D eigenvalue weighted by atomic mass is 19.1. The van der Waals surface area contributed by atoms with Gasteiger partial charge in [-0.3, -0.25) is 4.99 Å². The van der Waals surface area contributed by atoms with E-state index in [1.54, 1.807) is 6.08 Å². The van der Waals surface area contributed by atoms with Crippen molar-refractivity contribution in [3.8, 4) is 11.8 Å². The molecule has 1 saturated heterocycles. The van der Waals surface area contributed by atoms with Gasteiger partial charge in [0.15, 0.2) is 11.6 Å². The molecule has 3 aliphatic rings. The molecule has 0 atom stereocenters. The monoisotopic (exact) mass is 480 g/mol. The number of fused-ring (bicyclic) bond motifs is 1. The summed E-state index contributed by atoms with van der Waals surface area (Å²) in [6, 6.07) is 2.88. The Morgan fingerprint density at radius 3 is 2.66 bits per heavy atom. The van der Waals surface area contributed by atoms with Crippen molar-refractivity contribution in [2.24, 2.45) is 4.99 Å². The molecule has 1 aromatic carbocycles. The van der Waals surface area contributed by atoms with Gasteiger partial charge < -0.3 is 19.9 Å². The molecule has 0 amide bonds. The number of hydrogen-bond donors (Lipinski definition) is 1. The van der Waals surface area contributed by atoms with Gasteiger partial charge in [-0.15, -0.1) is 0 Å². The van der Waals surface area contributed by atoms with Crippen LogP contribution in [-0.4, -0.2) is 60.5 Å². The first-order valence-electron chi connectivity index (χ1n) is 12.1. The number of aromatic nitrogens is 2. The summed E-state index contributed by atoms with van der Waals surface area (Å²) in [5, 5.41) is 3.25. The Labute approximate surface area is 204 Å². The van der Waals surface area contributed by atoms with E-state index in [-0.39, 0.29) is 17.3 Å². The van der Waals surface area contributed by atoms with Crippen molar-refractivity contribution in [1.82, 2.24) is 14.9 Å². The van der Waals surface area contributed by atoms with E-state index in [1.807, 2.05) is 19.1 Å². The van der Waals surface area contributed by atoms with Gasteiger partial charge in [0.1, 0.15) is 23.3 Å². The summed E-state index contributed by atoms with van der Waals surface area (Å²) in [4.78, 5) is 17.9. The molecule has 1 fully saturated rings. The maximum Gasteiger partial charge on any atom is 0.326 e. The topological polar surface area (TPSA) is 65.9 Å². The highest BCUT2D eigenvalue weighted by Gasteiger charge is 2.24. The Hall–Kier alpha value is -3.33. The average molecular weight is 481 g/mol. The molecule has 9 heteroatoms. The third kappa shape index (κ3) is 5.05. The molecular formula is C26H30F2N6O.